The Kier molecular flexibility index (Phi) is 4.64. The zero-order valence-electron chi connectivity index (χ0n) is 14.5. The molecule has 0 unspecified atom stereocenters. The van der Waals surface area contributed by atoms with Gasteiger partial charge in [0.15, 0.2) is 0 Å². The van der Waals surface area contributed by atoms with Crippen molar-refractivity contribution >= 4 is 8.32 Å². The van der Waals surface area contributed by atoms with E-state index in [9.17, 15) is 0 Å². The lowest BCUT2D eigenvalue weighted by atomic mass is 9.86. The maximum absolute atomic E-state index is 6.38. The third kappa shape index (κ3) is 3.78. The fourth-order valence-electron chi connectivity index (χ4n) is 1.78. The number of hydrogen-bond donors (Lipinski definition) is 0. The lowest BCUT2D eigenvalue weighted by Crippen LogP contribution is -2.43. The van der Waals surface area contributed by atoms with Crippen LogP contribution in [0, 0.1) is 0 Å². The zero-order chi connectivity index (χ0) is 15.8. The van der Waals surface area contributed by atoms with Crippen LogP contribution in [-0.2, 0) is 5.41 Å². The van der Waals surface area contributed by atoms with Crippen LogP contribution in [0.3, 0.4) is 0 Å². The van der Waals surface area contributed by atoms with Gasteiger partial charge in [-0.1, -0.05) is 41.5 Å². The van der Waals surface area contributed by atoms with Gasteiger partial charge in [0.25, 0.3) is 0 Å². The van der Waals surface area contributed by atoms with E-state index in [4.69, 9.17) is 9.16 Å². The molecule has 1 aromatic rings. The molecule has 0 radical (unpaired) electrons. The van der Waals surface area contributed by atoms with Crippen molar-refractivity contribution in [2.45, 2.75) is 65.1 Å². The minimum absolute atomic E-state index is 0.0398. The minimum Gasteiger partial charge on any atom is -0.543 e. The van der Waals surface area contributed by atoms with E-state index >= 15 is 0 Å². The van der Waals surface area contributed by atoms with Gasteiger partial charge in [-0.15, -0.1) is 0 Å². The van der Waals surface area contributed by atoms with Gasteiger partial charge in [-0.3, -0.25) is 0 Å². The average Bonchev–Trinajstić information content (AvgIpc) is 2.25. The van der Waals surface area contributed by atoms with E-state index in [0.29, 0.717) is 0 Å². The van der Waals surface area contributed by atoms with Crippen molar-refractivity contribution in [3.05, 3.63) is 23.8 Å². The monoisotopic (exact) mass is 294 g/mol. The molecule has 0 aliphatic heterocycles. The molecule has 20 heavy (non-hydrogen) atoms. The number of ether oxygens (including phenoxy) is 1. The van der Waals surface area contributed by atoms with E-state index in [0.717, 1.165) is 11.5 Å². The highest BCUT2D eigenvalue weighted by Crippen LogP contribution is 2.39. The van der Waals surface area contributed by atoms with Crippen LogP contribution in [-0.4, -0.2) is 15.4 Å². The molecular weight excluding hydrogens is 264 g/mol. The summed E-state index contributed by atoms with van der Waals surface area (Å²) in [6, 6.07) is 6.18. The molecule has 0 spiro atoms. The Labute approximate surface area is 125 Å². The molecule has 1 aromatic carbocycles. The van der Waals surface area contributed by atoms with E-state index < -0.39 is 8.32 Å². The fraction of sp³-hybridized carbons (Fsp3) is 0.647. The molecule has 1 rings (SSSR count). The first-order chi connectivity index (χ1) is 8.88. The summed E-state index contributed by atoms with van der Waals surface area (Å²) in [7, 11) is -0.0750. The predicted molar refractivity (Wildman–Crippen MR) is 89.5 cm³/mol. The van der Waals surface area contributed by atoms with Gasteiger partial charge in [0, 0.05) is 5.56 Å². The standard InChI is InChI=1S/C17H30O2Si/c1-16(2,3)14-12-13(10-11-15(14)18-7)19-20(8,9)17(4,5)6/h10-12H,1-9H3. The van der Waals surface area contributed by atoms with Crippen LogP contribution in [0.25, 0.3) is 0 Å². The Hall–Kier alpha value is -0.963. The number of rotatable bonds is 3. The minimum atomic E-state index is -1.80. The Morgan fingerprint density at radius 1 is 0.950 bits per heavy atom. The van der Waals surface area contributed by atoms with Crippen LogP contribution in [0.2, 0.25) is 18.1 Å². The zero-order valence-corrected chi connectivity index (χ0v) is 15.5. The first-order valence-corrected chi connectivity index (χ1v) is 10.2. The Morgan fingerprint density at radius 3 is 1.90 bits per heavy atom. The van der Waals surface area contributed by atoms with Crippen LogP contribution in [0.4, 0.5) is 0 Å². The summed E-state index contributed by atoms with van der Waals surface area (Å²) in [5, 5.41) is 0.203. The summed E-state index contributed by atoms with van der Waals surface area (Å²) < 4.78 is 11.9. The molecule has 0 saturated carbocycles. The van der Waals surface area contributed by atoms with Crippen molar-refractivity contribution in [2.24, 2.45) is 0 Å². The third-order valence-electron chi connectivity index (χ3n) is 4.16. The largest absolute Gasteiger partial charge is 0.543 e. The third-order valence-corrected chi connectivity index (χ3v) is 8.52. The van der Waals surface area contributed by atoms with Crippen LogP contribution >= 0.6 is 0 Å². The molecule has 0 N–H and O–H groups in total. The van der Waals surface area contributed by atoms with Gasteiger partial charge in [0.2, 0.25) is 8.32 Å². The van der Waals surface area contributed by atoms with E-state index in [1.54, 1.807) is 7.11 Å². The molecule has 0 saturated heterocycles. The van der Waals surface area contributed by atoms with Crippen molar-refractivity contribution < 1.29 is 9.16 Å². The van der Waals surface area contributed by atoms with E-state index in [-0.39, 0.29) is 10.5 Å². The number of benzene rings is 1. The molecule has 0 atom stereocenters. The smallest absolute Gasteiger partial charge is 0.250 e. The maximum Gasteiger partial charge on any atom is 0.250 e. The van der Waals surface area contributed by atoms with Crippen LogP contribution < -0.4 is 9.16 Å². The highest BCUT2D eigenvalue weighted by atomic mass is 28.4. The SMILES string of the molecule is COc1ccc(O[Si](C)(C)C(C)(C)C)cc1C(C)(C)C. The highest BCUT2D eigenvalue weighted by Gasteiger charge is 2.39. The second-order valence-electron chi connectivity index (χ2n) is 7.97. The van der Waals surface area contributed by atoms with Crippen molar-refractivity contribution in [1.82, 2.24) is 0 Å². The quantitative estimate of drug-likeness (QED) is 0.697. The van der Waals surface area contributed by atoms with Crippen LogP contribution in [0.15, 0.2) is 18.2 Å². The summed E-state index contributed by atoms with van der Waals surface area (Å²) in [4.78, 5) is 0. The number of methoxy groups -OCH3 is 1. The van der Waals surface area contributed by atoms with E-state index in [1.165, 1.54) is 5.56 Å². The fourth-order valence-corrected chi connectivity index (χ4v) is 2.81. The summed E-state index contributed by atoms with van der Waals surface area (Å²) in [5.41, 5.74) is 1.23. The summed E-state index contributed by atoms with van der Waals surface area (Å²) >= 11 is 0. The van der Waals surface area contributed by atoms with Gasteiger partial charge >= 0.3 is 0 Å². The summed E-state index contributed by atoms with van der Waals surface area (Å²) in [6.07, 6.45) is 0. The molecule has 0 heterocycles. The molecule has 0 aliphatic rings. The topological polar surface area (TPSA) is 18.5 Å². The normalized spacial score (nSPS) is 13.2. The number of hydrogen-bond acceptors (Lipinski definition) is 2. The Morgan fingerprint density at radius 2 is 1.50 bits per heavy atom. The lowest BCUT2D eigenvalue weighted by Gasteiger charge is -2.37. The van der Waals surface area contributed by atoms with Gasteiger partial charge in [-0.05, 0) is 41.7 Å². The highest BCUT2D eigenvalue weighted by molar-refractivity contribution is 6.74. The second kappa shape index (κ2) is 5.43. The predicted octanol–water partition coefficient (Wildman–Crippen LogP) is 5.38. The first kappa shape index (κ1) is 17.1. The second-order valence-corrected chi connectivity index (χ2v) is 12.7. The van der Waals surface area contributed by atoms with Gasteiger partial charge in [-0.2, -0.15) is 0 Å². The lowest BCUT2D eigenvalue weighted by molar-refractivity contribution is 0.395. The first-order valence-electron chi connectivity index (χ1n) is 7.26. The van der Waals surface area contributed by atoms with Crippen molar-refractivity contribution in [3.8, 4) is 11.5 Å². The van der Waals surface area contributed by atoms with Gasteiger partial charge < -0.3 is 9.16 Å². The van der Waals surface area contributed by atoms with Gasteiger partial charge in [0.1, 0.15) is 11.5 Å². The van der Waals surface area contributed by atoms with Gasteiger partial charge in [0.05, 0.1) is 7.11 Å². The molecule has 0 aliphatic carbocycles. The molecule has 0 fully saturated rings. The van der Waals surface area contributed by atoms with Crippen molar-refractivity contribution in [2.75, 3.05) is 7.11 Å². The van der Waals surface area contributed by atoms with Crippen molar-refractivity contribution in [1.29, 1.82) is 0 Å². The van der Waals surface area contributed by atoms with E-state index in [1.807, 2.05) is 12.1 Å². The van der Waals surface area contributed by atoms with Crippen LogP contribution in [0.5, 0.6) is 11.5 Å². The molecule has 3 heteroatoms. The van der Waals surface area contributed by atoms with Crippen molar-refractivity contribution in [3.63, 3.8) is 0 Å². The van der Waals surface area contributed by atoms with Gasteiger partial charge in [-0.25, -0.2) is 0 Å². The Balaban J connectivity index is 3.17. The Bertz CT molecular complexity index is 465. The maximum atomic E-state index is 6.38. The average molecular weight is 295 g/mol. The molecule has 0 amide bonds. The molecule has 2 nitrogen and oxygen atoms in total. The molecule has 0 aromatic heterocycles. The summed E-state index contributed by atoms with van der Waals surface area (Å²) in [6.45, 7) is 17.9. The van der Waals surface area contributed by atoms with Crippen LogP contribution in [0.1, 0.15) is 47.1 Å². The van der Waals surface area contributed by atoms with E-state index in [2.05, 4.69) is 60.7 Å². The molecule has 114 valence electrons. The summed E-state index contributed by atoms with van der Waals surface area (Å²) in [5.74, 6) is 1.89. The molecular formula is C17H30O2Si. The molecule has 0 bridgehead atoms.